The van der Waals surface area contributed by atoms with Crippen LogP contribution in [0.4, 0.5) is 4.39 Å². The molecule has 0 unspecified atom stereocenters. The van der Waals surface area contributed by atoms with Crippen LogP contribution >= 0.6 is 0 Å². The fraction of sp³-hybridized carbons (Fsp3) is 0.364. The van der Waals surface area contributed by atoms with E-state index in [1.165, 1.54) is 19.2 Å². The summed E-state index contributed by atoms with van der Waals surface area (Å²) in [5, 5.41) is 0. The zero-order chi connectivity index (χ0) is 10.7. The minimum atomic E-state index is -0.501. The fourth-order valence-corrected chi connectivity index (χ4v) is 1.15. The molecule has 0 atom stereocenters. The highest BCUT2D eigenvalue weighted by molar-refractivity contribution is 5.97. The van der Waals surface area contributed by atoms with Crippen molar-refractivity contribution in [3.05, 3.63) is 29.6 Å². The number of ether oxygens (including phenoxy) is 1. The highest BCUT2D eigenvalue weighted by Gasteiger charge is 2.12. The van der Waals surface area contributed by atoms with Crippen molar-refractivity contribution < 1.29 is 13.9 Å². The van der Waals surface area contributed by atoms with Crippen molar-refractivity contribution in [1.82, 2.24) is 0 Å². The van der Waals surface area contributed by atoms with Crippen LogP contribution in [0.15, 0.2) is 18.2 Å². The lowest BCUT2D eigenvalue weighted by Crippen LogP contribution is -2.07. The smallest absolute Gasteiger partial charge is 0.165 e. The van der Waals surface area contributed by atoms with E-state index in [4.69, 9.17) is 4.74 Å². The van der Waals surface area contributed by atoms with E-state index in [0.717, 1.165) is 0 Å². The summed E-state index contributed by atoms with van der Waals surface area (Å²) in [7, 11) is 1.39. The van der Waals surface area contributed by atoms with Crippen molar-refractivity contribution in [1.29, 1.82) is 0 Å². The highest BCUT2D eigenvalue weighted by atomic mass is 19.1. The minimum absolute atomic E-state index is 0.0634. The molecule has 76 valence electrons. The summed E-state index contributed by atoms with van der Waals surface area (Å²) in [5.74, 6) is -0.529. The van der Waals surface area contributed by atoms with Gasteiger partial charge >= 0.3 is 0 Å². The summed E-state index contributed by atoms with van der Waals surface area (Å²) in [6.07, 6.45) is 0. The summed E-state index contributed by atoms with van der Waals surface area (Å²) in [6.45, 7) is 3.56. The van der Waals surface area contributed by atoms with E-state index in [-0.39, 0.29) is 17.5 Å². The monoisotopic (exact) mass is 196 g/mol. The number of hydrogen-bond donors (Lipinski definition) is 0. The second-order valence-electron chi connectivity index (χ2n) is 3.37. The maximum atomic E-state index is 13.2. The van der Waals surface area contributed by atoms with Crippen molar-refractivity contribution >= 4 is 5.78 Å². The van der Waals surface area contributed by atoms with Gasteiger partial charge in [-0.05, 0) is 18.2 Å². The van der Waals surface area contributed by atoms with E-state index in [1.54, 1.807) is 19.9 Å². The molecular formula is C11H13FO2. The Hall–Kier alpha value is -1.38. The number of benzene rings is 1. The van der Waals surface area contributed by atoms with E-state index in [0.29, 0.717) is 5.56 Å². The van der Waals surface area contributed by atoms with Gasteiger partial charge in [0.25, 0.3) is 0 Å². The van der Waals surface area contributed by atoms with Crippen molar-refractivity contribution in [2.75, 3.05) is 7.11 Å². The number of ketones is 1. The van der Waals surface area contributed by atoms with Crippen molar-refractivity contribution in [2.24, 2.45) is 5.92 Å². The maximum absolute atomic E-state index is 13.2. The van der Waals surface area contributed by atoms with Crippen LogP contribution in [0.3, 0.4) is 0 Å². The molecule has 1 aromatic rings. The Kier molecular flexibility index (Phi) is 3.23. The first-order valence-corrected chi connectivity index (χ1v) is 4.44. The number of halogens is 1. The topological polar surface area (TPSA) is 26.3 Å². The van der Waals surface area contributed by atoms with Crippen LogP contribution in [0.5, 0.6) is 5.75 Å². The van der Waals surface area contributed by atoms with Gasteiger partial charge in [-0.1, -0.05) is 13.8 Å². The van der Waals surface area contributed by atoms with Gasteiger partial charge in [0.2, 0.25) is 0 Å². The van der Waals surface area contributed by atoms with Gasteiger partial charge in [0.1, 0.15) is 0 Å². The number of methoxy groups -OCH3 is 1. The average Bonchev–Trinajstić information content (AvgIpc) is 2.16. The maximum Gasteiger partial charge on any atom is 0.165 e. The minimum Gasteiger partial charge on any atom is -0.494 e. The molecule has 0 aliphatic rings. The van der Waals surface area contributed by atoms with Crippen LogP contribution in [0.25, 0.3) is 0 Å². The Morgan fingerprint density at radius 3 is 2.50 bits per heavy atom. The van der Waals surface area contributed by atoms with Gasteiger partial charge in [0.05, 0.1) is 7.11 Å². The van der Waals surface area contributed by atoms with Crippen LogP contribution in [0.1, 0.15) is 24.2 Å². The molecule has 1 rings (SSSR count). The Morgan fingerprint density at radius 1 is 1.43 bits per heavy atom. The molecule has 0 aromatic heterocycles. The lowest BCUT2D eigenvalue weighted by molar-refractivity contribution is 0.0939. The molecule has 0 spiro atoms. The molecule has 0 bridgehead atoms. The molecule has 3 heteroatoms. The Balaban J connectivity index is 3.03. The lowest BCUT2D eigenvalue weighted by atomic mass is 10.0. The predicted molar refractivity (Wildman–Crippen MR) is 52.1 cm³/mol. The molecule has 1 aromatic carbocycles. The van der Waals surface area contributed by atoms with Crippen molar-refractivity contribution in [2.45, 2.75) is 13.8 Å². The summed E-state index contributed by atoms with van der Waals surface area (Å²) < 4.78 is 18.0. The number of Topliss-reactive ketones (excluding diaryl/α,β-unsaturated/α-hetero) is 1. The van der Waals surface area contributed by atoms with E-state index in [1.807, 2.05) is 0 Å². The summed E-state index contributed by atoms with van der Waals surface area (Å²) >= 11 is 0. The normalized spacial score (nSPS) is 10.4. The summed E-state index contributed by atoms with van der Waals surface area (Å²) in [5.41, 5.74) is 0.387. The first-order chi connectivity index (χ1) is 6.56. The third-order valence-corrected chi connectivity index (χ3v) is 1.96. The number of carbonyl (C=O) groups excluding carboxylic acids is 1. The molecule has 0 heterocycles. The largest absolute Gasteiger partial charge is 0.494 e. The van der Waals surface area contributed by atoms with E-state index < -0.39 is 5.82 Å². The number of hydrogen-bond acceptors (Lipinski definition) is 2. The molecule has 2 nitrogen and oxygen atoms in total. The molecule has 0 N–H and O–H groups in total. The Morgan fingerprint density at radius 2 is 2.07 bits per heavy atom. The second-order valence-corrected chi connectivity index (χ2v) is 3.37. The molecule has 0 radical (unpaired) electrons. The van der Waals surface area contributed by atoms with Crippen LogP contribution in [0, 0.1) is 11.7 Å². The van der Waals surface area contributed by atoms with E-state index in [2.05, 4.69) is 0 Å². The zero-order valence-electron chi connectivity index (χ0n) is 8.50. The average molecular weight is 196 g/mol. The molecule has 0 aliphatic carbocycles. The van der Waals surface area contributed by atoms with Gasteiger partial charge in [0, 0.05) is 11.5 Å². The molecule has 0 fully saturated rings. The molecule has 14 heavy (non-hydrogen) atoms. The molecule has 0 saturated heterocycles. The highest BCUT2D eigenvalue weighted by Crippen LogP contribution is 2.19. The number of carbonyl (C=O) groups is 1. The van der Waals surface area contributed by atoms with Gasteiger partial charge in [-0.25, -0.2) is 4.39 Å². The standard InChI is InChI=1S/C11H13FO2/c1-7(2)11(13)8-4-5-10(14-3)9(12)6-8/h4-7H,1-3H3. The Labute approximate surface area is 82.7 Å². The SMILES string of the molecule is COc1ccc(C(=O)C(C)C)cc1F. The van der Waals surface area contributed by atoms with Gasteiger partial charge in [-0.15, -0.1) is 0 Å². The van der Waals surface area contributed by atoms with E-state index in [9.17, 15) is 9.18 Å². The van der Waals surface area contributed by atoms with Crippen LogP contribution in [-0.4, -0.2) is 12.9 Å². The quantitative estimate of drug-likeness (QED) is 0.695. The van der Waals surface area contributed by atoms with E-state index >= 15 is 0 Å². The van der Waals surface area contributed by atoms with Crippen molar-refractivity contribution in [3.63, 3.8) is 0 Å². The van der Waals surface area contributed by atoms with Gasteiger partial charge < -0.3 is 4.74 Å². The number of rotatable bonds is 3. The van der Waals surface area contributed by atoms with Crippen LogP contribution < -0.4 is 4.74 Å². The van der Waals surface area contributed by atoms with Gasteiger partial charge in [0.15, 0.2) is 17.3 Å². The predicted octanol–water partition coefficient (Wildman–Crippen LogP) is 2.67. The molecule has 0 aliphatic heterocycles. The zero-order valence-corrected chi connectivity index (χ0v) is 8.50. The Bertz CT molecular complexity index is 345. The summed E-state index contributed by atoms with van der Waals surface area (Å²) in [6, 6.07) is 4.25. The third kappa shape index (κ3) is 2.10. The third-order valence-electron chi connectivity index (χ3n) is 1.96. The molecular weight excluding hydrogens is 183 g/mol. The first-order valence-electron chi connectivity index (χ1n) is 4.44. The lowest BCUT2D eigenvalue weighted by Gasteiger charge is -2.06. The molecule has 0 saturated carbocycles. The summed E-state index contributed by atoms with van der Waals surface area (Å²) in [4.78, 5) is 11.5. The van der Waals surface area contributed by atoms with Crippen LogP contribution in [-0.2, 0) is 0 Å². The second kappa shape index (κ2) is 4.22. The molecule has 0 amide bonds. The van der Waals surface area contributed by atoms with Gasteiger partial charge in [-0.2, -0.15) is 0 Å². The van der Waals surface area contributed by atoms with Gasteiger partial charge in [-0.3, -0.25) is 4.79 Å². The first kappa shape index (κ1) is 10.7. The fourth-order valence-electron chi connectivity index (χ4n) is 1.15. The van der Waals surface area contributed by atoms with Crippen molar-refractivity contribution in [3.8, 4) is 5.75 Å². The van der Waals surface area contributed by atoms with Crippen LogP contribution in [0.2, 0.25) is 0 Å².